The highest BCUT2D eigenvalue weighted by Gasteiger charge is 2.51. The maximum absolute atomic E-state index is 11.9. The summed E-state index contributed by atoms with van der Waals surface area (Å²) in [5.74, 6) is -0.662. The maximum atomic E-state index is 11.9. The average Bonchev–Trinajstić information content (AvgIpc) is 2.87. The van der Waals surface area contributed by atoms with Gasteiger partial charge in [0.1, 0.15) is 6.61 Å². The summed E-state index contributed by atoms with van der Waals surface area (Å²) in [7, 11) is 0. The first kappa shape index (κ1) is 12.9. The standard InChI is InChI=1S/C13H20N2O4/c1-13(19-6-12(17)18)7-14(8-13)10-5-11(16)15-4-2-3-9(10)15/h9-10H,2-8H2,1H3,(H,17,18). The van der Waals surface area contributed by atoms with Crippen LogP contribution in [0.5, 0.6) is 0 Å². The fourth-order valence-electron chi connectivity index (χ4n) is 3.68. The number of ether oxygens (including phenoxy) is 1. The van der Waals surface area contributed by atoms with Crippen LogP contribution in [0.2, 0.25) is 0 Å². The van der Waals surface area contributed by atoms with E-state index in [4.69, 9.17) is 9.84 Å². The van der Waals surface area contributed by atoms with Gasteiger partial charge < -0.3 is 14.7 Å². The molecule has 3 saturated heterocycles. The molecule has 3 rings (SSSR count). The number of carboxylic acids is 1. The zero-order valence-corrected chi connectivity index (χ0v) is 11.2. The SMILES string of the molecule is CC1(OCC(=O)O)CN(C2CC(=O)N3CCCC23)C1. The number of hydrogen-bond donors (Lipinski definition) is 1. The Kier molecular flexibility index (Phi) is 3.02. The summed E-state index contributed by atoms with van der Waals surface area (Å²) in [6, 6.07) is 0.674. The second-order valence-corrected chi connectivity index (χ2v) is 6.11. The lowest BCUT2D eigenvalue weighted by Crippen LogP contribution is -2.66. The van der Waals surface area contributed by atoms with Crippen molar-refractivity contribution < 1.29 is 19.4 Å². The zero-order valence-electron chi connectivity index (χ0n) is 11.2. The first-order valence-electron chi connectivity index (χ1n) is 6.88. The Hall–Kier alpha value is -1.14. The molecule has 1 N–H and O–H groups in total. The summed E-state index contributed by atoms with van der Waals surface area (Å²) < 4.78 is 5.42. The number of carbonyl (C=O) groups excluding carboxylic acids is 1. The van der Waals surface area contributed by atoms with Crippen molar-refractivity contribution in [3.8, 4) is 0 Å². The number of likely N-dealkylation sites (tertiary alicyclic amines) is 1. The van der Waals surface area contributed by atoms with Gasteiger partial charge in [0.25, 0.3) is 0 Å². The van der Waals surface area contributed by atoms with Gasteiger partial charge >= 0.3 is 5.97 Å². The van der Waals surface area contributed by atoms with Gasteiger partial charge in [-0.25, -0.2) is 4.79 Å². The van der Waals surface area contributed by atoms with Gasteiger partial charge in [0.15, 0.2) is 0 Å². The van der Waals surface area contributed by atoms with E-state index in [0.29, 0.717) is 18.5 Å². The average molecular weight is 268 g/mol. The molecular weight excluding hydrogens is 248 g/mol. The Labute approximate surface area is 112 Å². The van der Waals surface area contributed by atoms with Crippen molar-refractivity contribution in [1.29, 1.82) is 0 Å². The highest BCUT2D eigenvalue weighted by atomic mass is 16.5. The van der Waals surface area contributed by atoms with Crippen LogP contribution in [0.3, 0.4) is 0 Å². The van der Waals surface area contributed by atoms with Crippen LogP contribution in [0, 0.1) is 0 Å². The van der Waals surface area contributed by atoms with E-state index in [1.54, 1.807) is 0 Å². The highest BCUT2D eigenvalue weighted by Crippen LogP contribution is 2.37. The monoisotopic (exact) mass is 268 g/mol. The van der Waals surface area contributed by atoms with Crippen LogP contribution in [0.25, 0.3) is 0 Å². The van der Waals surface area contributed by atoms with E-state index in [9.17, 15) is 9.59 Å². The van der Waals surface area contributed by atoms with E-state index in [1.807, 2.05) is 11.8 Å². The second-order valence-electron chi connectivity index (χ2n) is 6.11. The van der Waals surface area contributed by atoms with Crippen molar-refractivity contribution in [3.05, 3.63) is 0 Å². The second kappa shape index (κ2) is 4.45. The van der Waals surface area contributed by atoms with E-state index < -0.39 is 5.97 Å². The van der Waals surface area contributed by atoms with Crippen molar-refractivity contribution in [2.24, 2.45) is 0 Å². The molecule has 19 heavy (non-hydrogen) atoms. The lowest BCUT2D eigenvalue weighted by atomic mass is 9.91. The Morgan fingerprint density at radius 1 is 1.47 bits per heavy atom. The normalized spacial score (nSPS) is 33.3. The number of carboxylic acid groups (broad SMARTS) is 1. The predicted molar refractivity (Wildman–Crippen MR) is 66.7 cm³/mol. The van der Waals surface area contributed by atoms with Crippen LogP contribution in [0.15, 0.2) is 0 Å². The number of aliphatic carboxylic acids is 1. The summed E-state index contributed by atoms with van der Waals surface area (Å²) in [4.78, 5) is 26.7. The van der Waals surface area contributed by atoms with Crippen molar-refractivity contribution in [1.82, 2.24) is 9.80 Å². The van der Waals surface area contributed by atoms with Gasteiger partial charge in [-0.1, -0.05) is 0 Å². The molecule has 0 aromatic heterocycles. The van der Waals surface area contributed by atoms with Crippen molar-refractivity contribution in [2.45, 2.75) is 43.9 Å². The highest BCUT2D eigenvalue weighted by molar-refractivity contribution is 5.80. The molecule has 0 aromatic carbocycles. The van der Waals surface area contributed by atoms with Gasteiger partial charge in [-0.15, -0.1) is 0 Å². The fourth-order valence-corrected chi connectivity index (χ4v) is 3.68. The fraction of sp³-hybridized carbons (Fsp3) is 0.846. The number of carbonyl (C=O) groups is 2. The molecule has 6 heteroatoms. The number of amides is 1. The molecule has 0 aromatic rings. The van der Waals surface area contributed by atoms with Crippen LogP contribution in [-0.4, -0.2) is 70.7 Å². The van der Waals surface area contributed by atoms with Gasteiger partial charge in [-0.2, -0.15) is 0 Å². The van der Waals surface area contributed by atoms with Crippen LogP contribution in [0.4, 0.5) is 0 Å². The van der Waals surface area contributed by atoms with E-state index >= 15 is 0 Å². The largest absolute Gasteiger partial charge is 0.480 e. The molecule has 0 bridgehead atoms. The molecular formula is C13H20N2O4. The summed E-state index contributed by atoms with van der Waals surface area (Å²) in [6.07, 6.45) is 2.81. The van der Waals surface area contributed by atoms with E-state index in [2.05, 4.69) is 4.90 Å². The predicted octanol–water partition coefficient (Wildman–Crippen LogP) is -0.0748. The Bertz CT molecular complexity index is 405. The molecule has 2 unspecified atom stereocenters. The minimum atomic E-state index is -0.933. The molecule has 3 aliphatic heterocycles. The Balaban J connectivity index is 1.56. The molecule has 2 atom stereocenters. The first-order valence-corrected chi connectivity index (χ1v) is 6.88. The topological polar surface area (TPSA) is 70.1 Å². The van der Waals surface area contributed by atoms with Gasteiger partial charge in [0.2, 0.25) is 5.91 Å². The smallest absolute Gasteiger partial charge is 0.329 e. The lowest BCUT2D eigenvalue weighted by molar-refractivity contribution is -0.170. The Morgan fingerprint density at radius 2 is 2.21 bits per heavy atom. The van der Waals surface area contributed by atoms with Crippen LogP contribution in [-0.2, 0) is 14.3 Å². The van der Waals surface area contributed by atoms with E-state index in [1.165, 1.54) is 0 Å². The lowest BCUT2D eigenvalue weighted by Gasteiger charge is -2.51. The molecule has 6 nitrogen and oxygen atoms in total. The van der Waals surface area contributed by atoms with Crippen LogP contribution < -0.4 is 0 Å². The molecule has 0 radical (unpaired) electrons. The van der Waals surface area contributed by atoms with E-state index in [0.717, 1.165) is 32.5 Å². The summed E-state index contributed by atoms with van der Waals surface area (Å²) >= 11 is 0. The van der Waals surface area contributed by atoms with Crippen molar-refractivity contribution in [3.63, 3.8) is 0 Å². The summed E-state index contributed by atoms with van der Waals surface area (Å²) in [5.41, 5.74) is -0.368. The van der Waals surface area contributed by atoms with Gasteiger partial charge in [0.05, 0.1) is 5.60 Å². The molecule has 0 spiro atoms. The van der Waals surface area contributed by atoms with Crippen molar-refractivity contribution in [2.75, 3.05) is 26.2 Å². The van der Waals surface area contributed by atoms with Gasteiger partial charge in [-0.05, 0) is 19.8 Å². The molecule has 1 amide bonds. The molecule has 3 fully saturated rings. The Morgan fingerprint density at radius 3 is 2.89 bits per heavy atom. The molecule has 0 saturated carbocycles. The minimum Gasteiger partial charge on any atom is -0.480 e. The van der Waals surface area contributed by atoms with Gasteiger partial charge in [-0.3, -0.25) is 9.69 Å². The zero-order chi connectivity index (χ0) is 13.6. The first-order chi connectivity index (χ1) is 8.98. The molecule has 3 heterocycles. The molecule has 106 valence electrons. The third kappa shape index (κ3) is 2.23. The van der Waals surface area contributed by atoms with Crippen LogP contribution in [0.1, 0.15) is 26.2 Å². The third-order valence-electron chi connectivity index (χ3n) is 4.54. The number of rotatable bonds is 4. The molecule has 3 aliphatic rings. The quantitative estimate of drug-likeness (QED) is 0.772. The number of fused-ring (bicyclic) bond motifs is 1. The summed E-state index contributed by atoms with van der Waals surface area (Å²) in [5, 5.41) is 8.64. The van der Waals surface area contributed by atoms with Crippen LogP contribution >= 0.6 is 0 Å². The molecule has 0 aliphatic carbocycles. The van der Waals surface area contributed by atoms with Gasteiger partial charge in [0, 0.05) is 38.1 Å². The van der Waals surface area contributed by atoms with E-state index in [-0.39, 0.29) is 18.1 Å². The number of nitrogens with zero attached hydrogens (tertiary/aromatic N) is 2. The summed E-state index contributed by atoms with van der Waals surface area (Å²) in [6.45, 7) is 4.05. The minimum absolute atomic E-state index is 0.247. The third-order valence-corrected chi connectivity index (χ3v) is 4.54. The number of hydrogen-bond acceptors (Lipinski definition) is 4. The maximum Gasteiger partial charge on any atom is 0.329 e. The van der Waals surface area contributed by atoms with Crippen molar-refractivity contribution >= 4 is 11.9 Å².